The molecule has 0 aliphatic rings. The SMILES string of the molecule is O=C(NCc1ccccc1-c1ccsc1)c1ccccc1Br. The number of rotatable bonds is 4. The number of carbonyl (C=O) groups is 1. The Balaban J connectivity index is 1.78. The Labute approximate surface area is 141 Å². The second-order valence-electron chi connectivity index (χ2n) is 4.83. The van der Waals surface area contributed by atoms with Gasteiger partial charge in [-0.05, 0) is 61.6 Å². The van der Waals surface area contributed by atoms with Crippen LogP contribution < -0.4 is 5.32 Å². The zero-order valence-electron chi connectivity index (χ0n) is 11.8. The molecule has 0 aliphatic carbocycles. The van der Waals surface area contributed by atoms with Crippen LogP contribution in [-0.2, 0) is 6.54 Å². The highest BCUT2D eigenvalue weighted by molar-refractivity contribution is 9.10. The summed E-state index contributed by atoms with van der Waals surface area (Å²) in [6.45, 7) is 0.506. The van der Waals surface area contributed by atoms with Crippen LogP contribution in [0.25, 0.3) is 11.1 Å². The van der Waals surface area contributed by atoms with Crippen LogP contribution in [0.5, 0.6) is 0 Å². The van der Waals surface area contributed by atoms with Gasteiger partial charge in [0.2, 0.25) is 0 Å². The summed E-state index contributed by atoms with van der Waals surface area (Å²) in [5, 5.41) is 7.17. The van der Waals surface area contributed by atoms with E-state index in [1.54, 1.807) is 11.3 Å². The van der Waals surface area contributed by atoms with Crippen LogP contribution in [0.2, 0.25) is 0 Å². The van der Waals surface area contributed by atoms with E-state index in [0.717, 1.165) is 15.6 Å². The van der Waals surface area contributed by atoms with Crippen LogP contribution >= 0.6 is 27.3 Å². The van der Waals surface area contributed by atoms with Crippen molar-refractivity contribution in [3.63, 3.8) is 0 Å². The van der Waals surface area contributed by atoms with E-state index in [0.29, 0.717) is 12.1 Å². The first-order valence-electron chi connectivity index (χ1n) is 6.89. The number of halogens is 1. The molecule has 0 unspecified atom stereocenters. The molecule has 1 aromatic heterocycles. The Kier molecular flexibility index (Phi) is 4.71. The fourth-order valence-corrected chi connectivity index (χ4v) is 3.41. The van der Waals surface area contributed by atoms with Crippen molar-refractivity contribution in [1.29, 1.82) is 0 Å². The van der Waals surface area contributed by atoms with Crippen molar-refractivity contribution in [2.75, 3.05) is 0 Å². The lowest BCUT2D eigenvalue weighted by Gasteiger charge is -2.10. The standard InChI is InChI=1S/C18H14BrNOS/c19-17-8-4-3-7-16(17)18(21)20-11-13-5-1-2-6-15(13)14-9-10-22-12-14/h1-10,12H,11H2,(H,20,21). The number of nitrogens with one attached hydrogen (secondary N) is 1. The zero-order valence-corrected chi connectivity index (χ0v) is 14.2. The topological polar surface area (TPSA) is 29.1 Å². The van der Waals surface area contributed by atoms with Gasteiger partial charge >= 0.3 is 0 Å². The largest absolute Gasteiger partial charge is 0.348 e. The molecule has 0 fully saturated rings. The minimum atomic E-state index is -0.0763. The zero-order chi connectivity index (χ0) is 15.4. The predicted molar refractivity (Wildman–Crippen MR) is 95.1 cm³/mol. The summed E-state index contributed by atoms with van der Waals surface area (Å²) in [5.74, 6) is -0.0763. The molecule has 2 aromatic carbocycles. The Morgan fingerprint density at radius 3 is 2.59 bits per heavy atom. The van der Waals surface area contributed by atoms with E-state index < -0.39 is 0 Å². The Bertz CT molecular complexity index is 783. The van der Waals surface area contributed by atoms with Gasteiger partial charge < -0.3 is 5.32 Å². The normalized spacial score (nSPS) is 10.4. The van der Waals surface area contributed by atoms with Gasteiger partial charge in [0.1, 0.15) is 0 Å². The monoisotopic (exact) mass is 371 g/mol. The molecule has 1 N–H and O–H groups in total. The third-order valence-electron chi connectivity index (χ3n) is 3.41. The molecule has 2 nitrogen and oxygen atoms in total. The van der Waals surface area contributed by atoms with E-state index in [-0.39, 0.29) is 5.91 Å². The van der Waals surface area contributed by atoms with Crippen molar-refractivity contribution in [2.24, 2.45) is 0 Å². The summed E-state index contributed by atoms with van der Waals surface area (Å²) in [4.78, 5) is 12.3. The quantitative estimate of drug-likeness (QED) is 0.678. The molecule has 0 bridgehead atoms. The summed E-state index contributed by atoms with van der Waals surface area (Å²) in [5.41, 5.74) is 4.11. The lowest BCUT2D eigenvalue weighted by molar-refractivity contribution is 0.0950. The minimum Gasteiger partial charge on any atom is -0.348 e. The maximum atomic E-state index is 12.3. The van der Waals surface area contributed by atoms with Gasteiger partial charge in [0.15, 0.2) is 0 Å². The molecule has 1 heterocycles. The third kappa shape index (κ3) is 3.29. The molecule has 3 rings (SSSR count). The van der Waals surface area contributed by atoms with Crippen molar-refractivity contribution in [3.05, 3.63) is 81.0 Å². The van der Waals surface area contributed by atoms with Crippen molar-refractivity contribution in [3.8, 4) is 11.1 Å². The lowest BCUT2D eigenvalue weighted by Crippen LogP contribution is -2.23. The van der Waals surface area contributed by atoms with E-state index in [4.69, 9.17) is 0 Å². The number of hydrogen-bond acceptors (Lipinski definition) is 2. The second-order valence-corrected chi connectivity index (χ2v) is 6.47. The predicted octanol–water partition coefficient (Wildman–Crippen LogP) is 5.11. The third-order valence-corrected chi connectivity index (χ3v) is 4.78. The molecule has 3 aromatic rings. The number of hydrogen-bond donors (Lipinski definition) is 1. The molecule has 0 saturated heterocycles. The number of amides is 1. The van der Waals surface area contributed by atoms with E-state index >= 15 is 0 Å². The van der Waals surface area contributed by atoms with Crippen LogP contribution in [0, 0.1) is 0 Å². The summed E-state index contributed by atoms with van der Waals surface area (Å²) in [6, 6.07) is 17.7. The lowest BCUT2D eigenvalue weighted by atomic mass is 10.0. The van der Waals surface area contributed by atoms with Crippen LogP contribution in [0.3, 0.4) is 0 Å². The van der Waals surface area contributed by atoms with E-state index in [9.17, 15) is 4.79 Å². The molecule has 0 spiro atoms. The molecule has 0 radical (unpaired) electrons. The van der Waals surface area contributed by atoms with Gasteiger partial charge in [-0.1, -0.05) is 36.4 Å². The highest BCUT2D eigenvalue weighted by Crippen LogP contribution is 2.26. The summed E-state index contributed by atoms with van der Waals surface area (Å²) < 4.78 is 0.804. The number of benzene rings is 2. The van der Waals surface area contributed by atoms with Gasteiger partial charge in [-0.3, -0.25) is 4.79 Å². The second kappa shape index (κ2) is 6.90. The Morgan fingerprint density at radius 2 is 1.82 bits per heavy atom. The van der Waals surface area contributed by atoms with Crippen molar-refractivity contribution in [1.82, 2.24) is 5.32 Å². The van der Waals surface area contributed by atoms with Crippen LogP contribution in [-0.4, -0.2) is 5.91 Å². The molecular weight excluding hydrogens is 358 g/mol. The fourth-order valence-electron chi connectivity index (χ4n) is 2.29. The minimum absolute atomic E-state index is 0.0763. The molecule has 0 aliphatic heterocycles. The van der Waals surface area contributed by atoms with Gasteiger partial charge in [0.25, 0.3) is 5.91 Å². The van der Waals surface area contributed by atoms with Crippen molar-refractivity contribution in [2.45, 2.75) is 6.54 Å². The van der Waals surface area contributed by atoms with Gasteiger partial charge in [-0.25, -0.2) is 0 Å². The Morgan fingerprint density at radius 1 is 1.05 bits per heavy atom. The van der Waals surface area contributed by atoms with Gasteiger partial charge in [0, 0.05) is 11.0 Å². The van der Waals surface area contributed by atoms with E-state index in [1.165, 1.54) is 5.56 Å². The number of carbonyl (C=O) groups excluding carboxylic acids is 1. The molecule has 0 saturated carbocycles. The van der Waals surface area contributed by atoms with E-state index in [1.807, 2.05) is 42.5 Å². The maximum Gasteiger partial charge on any atom is 0.252 e. The number of thiophene rings is 1. The summed E-state index contributed by atoms with van der Waals surface area (Å²) in [6.07, 6.45) is 0. The highest BCUT2D eigenvalue weighted by atomic mass is 79.9. The average Bonchev–Trinajstić information content (AvgIpc) is 3.07. The fraction of sp³-hybridized carbons (Fsp3) is 0.0556. The molecular formula is C18H14BrNOS. The summed E-state index contributed by atoms with van der Waals surface area (Å²) >= 11 is 5.08. The van der Waals surface area contributed by atoms with Gasteiger partial charge in [-0.15, -0.1) is 0 Å². The van der Waals surface area contributed by atoms with Gasteiger partial charge in [-0.2, -0.15) is 11.3 Å². The van der Waals surface area contributed by atoms with Crippen LogP contribution in [0.15, 0.2) is 69.8 Å². The molecule has 0 atom stereocenters. The van der Waals surface area contributed by atoms with E-state index in [2.05, 4.69) is 44.1 Å². The maximum absolute atomic E-state index is 12.3. The summed E-state index contributed by atoms with van der Waals surface area (Å²) in [7, 11) is 0. The smallest absolute Gasteiger partial charge is 0.252 e. The van der Waals surface area contributed by atoms with Gasteiger partial charge in [0.05, 0.1) is 5.56 Å². The van der Waals surface area contributed by atoms with Crippen LogP contribution in [0.1, 0.15) is 15.9 Å². The Hall–Kier alpha value is -1.91. The van der Waals surface area contributed by atoms with Crippen molar-refractivity contribution >= 4 is 33.2 Å². The highest BCUT2D eigenvalue weighted by Gasteiger charge is 2.10. The molecule has 4 heteroatoms. The molecule has 110 valence electrons. The molecule has 1 amide bonds. The first-order valence-corrected chi connectivity index (χ1v) is 8.62. The van der Waals surface area contributed by atoms with Crippen molar-refractivity contribution < 1.29 is 4.79 Å². The van der Waals surface area contributed by atoms with Crippen LogP contribution in [0.4, 0.5) is 0 Å². The first kappa shape index (κ1) is 15.0. The first-order chi connectivity index (χ1) is 10.8. The molecule has 22 heavy (non-hydrogen) atoms. The average molecular weight is 372 g/mol.